The van der Waals surface area contributed by atoms with Gasteiger partial charge >= 0.3 is 0 Å². The third-order valence-electron chi connectivity index (χ3n) is 5.09. The van der Waals surface area contributed by atoms with Crippen LogP contribution in [0.4, 0.5) is 0 Å². The Labute approximate surface area is 184 Å². The van der Waals surface area contributed by atoms with Crippen molar-refractivity contribution in [2.24, 2.45) is 5.92 Å². The second-order valence-corrected chi connectivity index (χ2v) is 8.29. The molecule has 1 aliphatic rings. The molecule has 1 aliphatic carbocycles. The summed E-state index contributed by atoms with van der Waals surface area (Å²) in [7, 11) is 0. The molecule has 0 saturated carbocycles. The average Bonchev–Trinajstić information content (AvgIpc) is 3.42. The summed E-state index contributed by atoms with van der Waals surface area (Å²) < 4.78 is 0. The second kappa shape index (κ2) is 8.81. The number of aromatic nitrogens is 3. The van der Waals surface area contributed by atoms with Crippen molar-refractivity contribution in [3.63, 3.8) is 0 Å². The van der Waals surface area contributed by atoms with Gasteiger partial charge in [-0.15, -0.1) is 11.3 Å². The molecule has 0 bridgehead atoms. The smallest absolute Gasteiger partial charge is 0.274 e. The molecule has 0 radical (unpaired) electrons. The van der Waals surface area contributed by atoms with Crippen LogP contribution < -0.4 is 5.32 Å². The predicted octanol–water partition coefficient (Wildman–Crippen LogP) is 5.79. The van der Waals surface area contributed by atoms with Crippen LogP contribution in [0.5, 0.6) is 0 Å². The summed E-state index contributed by atoms with van der Waals surface area (Å²) in [6.07, 6.45) is 10.7. The van der Waals surface area contributed by atoms with E-state index < -0.39 is 0 Å². The highest BCUT2D eigenvalue weighted by Crippen LogP contribution is 2.29. The highest BCUT2D eigenvalue weighted by Gasteiger charge is 2.16. The molecule has 2 N–H and O–H groups in total. The maximum absolute atomic E-state index is 12.4. The van der Waals surface area contributed by atoms with E-state index in [2.05, 4.69) is 39.3 Å². The number of imidazole rings is 1. The molecule has 0 spiro atoms. The molecular formula is C23H21ClN4OS. The number of allylic oxidation sites excluding steroid dienone is 6. The monoisotopic (exact) mass is 436 g/mol. The van der Waals surface area contributed by atoms with E-state index in [1.807, 2.05) is 43.5 Å². The van der Waals surface area contributed by atoms with Crippen LogP contribution in [-0.4, -0.2) is 20.9 Å². The standard InChI is InChI=1S/C23H21ClN4OS/c1-14-5-3-6-16(9-10-19(14)28-23(29)21-12-30-13-26-21)22-25-11-20(27-22)17-7-4-8-18(24)15(17)2/h3-4,6-14H,5H2,1-2H3,(H,25,27)(H,28,29). The molecular weight excluding hydrogens is 416 g/mol. The van der Waals surface area contributed by atoms with Gasteiger partial charge in [0.15, 0.2) is 0 Å². The fourth-order valence-corrected chi connectivity index (χ4v) is 3.98. The predicted molar refractivity (Wildman–Crippen MR) is 122 cm³/mol. The molecule has 3 aromatic rings. The Morgan fingerprint density at radius 2 is 2.17 bits per heavy atom. The van der Waals surface area contributed by atoms with Crippen molar-refractivity contribution >= 4 is 34.4 Å². The van der Waals surface area contributed by atoms with Crippen LogP contribution in [0.2, 0.25) is 5.02 Å². The maximum atomic E-state index is 12.4. The molecule has 0 fully saturated rings. The van der Waals surface area contributed by atoms with Gasteiger partial charge in [-0.25, -0.2) is 9.97 Å². The minimum Gasteiger partial charge on any atom is -0.338 e. The van der Waals surface area contributed by atoms with Gasteiger partial charge in [0.2, 0.25) is 0 Å². The number of thiazole rings is 1. The summed E-state index contributed by atoms with van der Waals surface area (Å²) in [6, 6.07) is 5.83. The number of H-pyrrole nitrogens is 1. The number of aromatic amines is 1. The Kier molecular flexibility index (Phi) is 5.97. The lowest BCUT2D eigenvalue weighted by Gasteiger charge is -2.16. The number of hydrogen-bond donors (Lipinski definition) is 2. The van der Waals surface area contributed by atoms with E-state index in [4.69, 9.17) is 11.6 Å². The first kappa shape index (κ1) is 20.3. The highest BCUT2D eigenvalue weighted by atomic mass is 35.5. The SMILES string of the molecule is Cc1c(Cl)cccc1-c1cnc(C2=CC=C(NC(=O)c3cscn3)C(C)CC=C2)[nH]1. The van der Waals surface area contributed by atoms with E-state index in [1.54, 1.807) is 10.9 Å². The molecule has 2 aromatic heterocycles. The minimum absolute atomic E-state index is 0.183. The highest BCUT2D eigenvalue weighted by molar-refractivity contribution is 7.07. The Morgan fingerprint density at radius 3 is 2.97 bits per heavy atom. The zero-order valence-corrected chi connectivity index (χ0v) is 18.2. The molecule has 4 rings (SSSR count). The summed E-state index contributed by atoms with van der Waals surface area (Å²) in [5, 5.41) is 5.47. The molecule has 0 aliphatic heterocycles. The largest absolute Gasteiger partial charge is 0.338 e. The van der Waals surface area contributed by atoms with Crippen molar-refractivity contribution in [1.29, 1.82) is 0 Å². The van der Waals surface area contributed by atoms with E-state index >= 15 is 0 Å². The fourth-order valence-electron chi connectivity index (χ4n) is 3.27. The Bertz CT molecular complexity index is 1160. The zero-order valence-electron chi connectivity index (χ0n) is 16.6. The molecule has 1 amide bonds. The number of nitrogens with one attached hydrogen (secondary N) is 2. The first-order chi connectivity index (χ1) is 14.5. The minimum atomic E-state index is -0.189. The molecule has 1 unspecified atom stereocenters. The molecule has 30 heavy (non-hydrogen) atoms. The lowest BCUT2D eigenvalue weighted by molar-refractivity contribution is 0.0957. The molecule has 2 heterocycles. The van der Waals surface area contributed by atoms with Crippen molar-refractivity contribution in [2.45, 2.75) is 20.3 Å². The summed E-state index contributed by atoms with van der Waals surface area (Å²) in [5.74, 6) is 0.755. The van der Waals surface area contributed by atoms with Crippen molar-refractivity contribution in [3.05, 3.63) is 87.4 Å². The number of rotatable bonds is 4. The van der Waals surface area contributed by atoms with Gasteiger partial charge in [-0.3, -0.25) is 4.79 Å². The average molecular weight is 437 g/mol. The van der Waals surface area contributed by atoms with Crippen molar-refractivity contribution in [2.75, 3.05) is 0 Å². The van der Waals surface area contributed by atoms with Crippen LogP contribution in [-0.2, 0) is 0 Å². The number of amides is 1. The molecule has 0 saturated heterocycles. The third-order valence-corrected chi connectivity index (χ3v) is 6.09. The van der Waals surface area contributed by atoms with Crippen molar-refractivity contribution in [1.82, 2.24) is 20.3 Å². The van der Waals surface area contributed by atoms with Crippen molar-refractivity contribution < 1.29 is 4.79 Å². The molecule has 152 valence electrons. The van der Waals surface area contributed by atoms with Crippen LogP contribution in [0.1, 0.15) is 35.2 Å². The number of benzene rings is 1. The van der Waals surface area contributed by atoms with Gasteiger partial charge in [-0.05, 0) is 43.0 Å². The fraction of sp³-hybridized carbons (Fsp3) is 0.174. The van der Waals surface area contributed by atoms with Crippen molar-refractivity contribution in [3.8, 4) is 11.3 Å². The number of nitrogens with zero attached hydrogens (tertiary/aromatic N) is 2. The zero-order chi connectivity index (χ0) is 21.1. The number of halogens is 1. The Balaban J connectivity index is 1.61. The van der Waals surface area contributed by atoms with Gasteiger partial charge in [0.25, 0.3) is 5.91 Å². The summed E-state index contributed by atoms with van der Waals surface area (Å²) in [5.41, 5.74) is 6.83. The summed E-state index contributed by atoms with van der Waals surface area (Å²) in [6.45, 7) is 4.08. The van der Waals surface area contributed by atoms with E-state index in [1.165, 1.54) is 11.3 Å². The molecule has 1 aromatic carbocycles. The van der Waals surface area contributed by atoms with E-state index in [0.29, 0.717) is 5.69 Å². The van der Waals surface area contributed by atoms with E-state index in [-0.39, 0.29) is 11.8 Å². The Morgan fingerprint density at radius 1 is 1.30 bits per heavy atom. The topological polar surface area (TPSA) is 70.7 Å². The van der Waals surface area contributed by atoms with Gasteiger partial charge in [-0.2, -0.15) is 0 Å². The lowest BCUT2D eigenvalue weighted by atomic mass is 9.99. The second-order valence-electron chi connectivity index (χ2n) is 7.17. The normalized spacial score (nSPS) is 16.4. The quantitative estimate of drug-likeness (QED) is 0.543. The maximum Gasteiger partial charge on any atom is 0.274 e. The van der Waals surface area contributed by atoms with E-state index in [9.17, 15) is 4.79 Å². The van der Waals surface area contributed by atoms with Crippen LogP contribution in [0.15, 0.2) is 65.3 Å². The van der Waals surface area contributed by atoms with Gasteiger partial charge < -0.3 is 10.3 Å². The number of carbonyl (C=O) groups excluding carboxylic acids is 1. The van der Waals surface area contributed by atoms with Crippen LogP contribution in [0.3, 0.4) is 0 Å². The first-order valence-electron chi connectivity index (χ1n) is 9.61. The third kappa shape index (κ3) is 4.30. The molecule has 1 atom stereocenters. The summed E-state index contributed by atoms with van der Waals surface area (Å²) in [4.78, 5) is 24.4. The van der Waals surface area contributed by atoms with Gasteiger partial charge in [-0.1, -0.05) is 42.8 Å². The van der Waals surface area contributed by atoms with Crippen LogP contribution in [0, 0.1) is 12.8 Å². The van der Waals surface area contributed by atoms with Gasteiger partial charge in [0.05, 0.1) is 17.4 Å². The van der Waals surface area contributed by atoms with Crippen LogP contribution >= 0.6 is 22.9 Å². The van der Waals surface area contributed by atoms with Gasteiger partial charge in [0.1, 0.15) is 11.5 Å². The number of hydrogen-bond acceptors (Lipinski definition) is 4. The first-order valence-corrected chi connectivity index (χ1v) is 10.9. The lowest BCUT2D eigenvalue weighted by Crippen LogP contribution is -2.26. The number of carbonyl (C=O) groups is 1. The summed E-state index contributed by atoms with van der Waals surface area (Å²) >= 11 is 7.67. The van der Waals surface area contributed by atoms with Gasteiger partial charge in [0, 0.05) is 27.2 Å². The molecule has 7 heteroatoms. The van der Waals surface area contributed by atoms with Crippen LogP contribution in [0.25, 0.3) is 16.8 Å². The Hall–Kier alpha value is -2.96. The molecule has 5 nitrogen and oxygen atoms in total. The van der Waals surface area contributed by atoms with E-state index in [0.717, 1.165) is 45.4 Å².